The number of carbonyl (C=O) groups is 4. The predicted molar refractivity (Wildman–Crippen MR) is 157 cm³/mol. The van der Waals surface area contributed by atoms with E-state index in [1.54, 1.807) is 0 Å². The number of nitrogens with zero attached hydrogens (tertiary/aromatic N) is 6. The average molecular weight is 635 g/mol. The maximum Gasteiger partial charge on any atom is 0.352 e. The number of hydrogen-bond acceptors (Lipinski definition) is 13. The number of pyridine rings is 1. The highest BCUT2D eigenvalue weighted by atomic mass is 32.2. The van der Waals surface area contributed by atoms with Crippen LogP contribution in [0.1, 0.15) is 19.7 Å². The minimum absolute atomic E-state index is 0.0267. The molecule has 18 heteroatoms. The minimum atomic E-state index is -1.78. The Kier molecular flexibility index (Phi) is 9.51. The molecule has 43 heavy (non-hydrogen) atoms. The highest BCUT2D eigenvalue weighted by molar-refractivity contribution is 8.00. The molecule has 4 rings (SSSR count). The smallest absolute Gasteiger partial charge is 0.352 e. The number of carboxylic acid groups (broad SMARTS) is 2. The monoisotopic (exact) mass is 634 g/mol. The van der Waals surface area contributed by atoms with Crippen molar-refractivity contribution in [1.82, 2.24) is 24.9 Å². The van der Waals surface area contributed by atoms with Gasteiger partial charge in [-0.05, 0) is 20.9 Å². The minimum Gasteiger partial charge on any atom is -0.478 e. The van der Waals surface area contributed by atoms with E-state index in [-0.39, 0.29) is 23.2 Å². The van der Waals surface area contributed by atoms with Crippen molar-refractivity contribution >= 4 is 63.6 Å². The largest absolute Gasteiger partial charge is 0.478 e. The molecular formula is C25H32N9O7S2+. The Bertz CT molecular complexity index is 1480. The van der Waals surface area contributed by atoms with Crippen LogP contribution in [0.25, 0.3) is 0 Å². The molecule has 0 aromatic carbocycles. The maximum absolute atomic E-state index is 13.2. The van der Waals surface area contributed by atoms with Crippen LogP contribution in [0.4, 0.5) is 10.8 Å². The average Bonchev–Trinajstić information content (AvgIpc) is 3.40. The summed E-state index contributed by atoms with van der Waals surface area (Å²) in [5, 5.41) is 28.0. The summed E-state index contributed by atoms with van der Waals surface area (Å²) < 4.78 is 5.78. The number of thioether (sulfide) groups is 1. The lowest BCUT2D eigenvalue weighted by Crippen LogP contribution is -2.71. The molecule has 0 saturated carbocycles. The first-order valence-corrected chi connectivity index (χ1v) is 14.8. The van der Waals surface area contributed by atoms with E-state index in [0.717, 1.165) is 35.2 Å². The molecule has 1 saturated heterocycles. The van der Waals surface area contributed by atoms with E-state index < -0.39 is 46.5 Å². The topological polar surface area (TPSA) is 217 Å². The van der Waals surface area contributed by atoms with Gasteiger partial charge < -0.3 is 36.3 Å². The highest BCUT2D eigenvalue weighted by Crippen LogP contribution is 2.40. The Balaban J connectivity index is 1.50. The Morgan fingerprint density at radius 3 is 2.58 bits per heavy atom. The number of fused-ring (bicyclic) bond motifs is 1. The molecule has 6 N–H and O–H groups in total. The van der Waals surface area contributed by atoms with Crippen molar-refractivity contribution in [2.45, 2.75) is 37.4 Å². The molecule has 230 valence electrons. The van der Waals surface area contributed by atoms with Crippen LogP contribution < -0.4 is 25.8 Å². The van der Waals surface area contributed by atoms with E-state index in [9.17, 15) is 29.4 Å². The van der Waals surface area contributed by atoms with Crippen LogP contribution in [-0.4, -0.2) is 104 Å². The predicted octanol–water partition coefficient (Wildman–Crippen LogP) is -0.914. The summed E-state index contributed by atoms with van der Waals surface area (Å²) in [5.74, 6) is -4.04. The molecule has 1 fully saturated rings. The fourth-order valence-corrected chi connectivity index (χ4v) is 5.94. The number of nitrogens with two attached hydrogens (primary N) is 1. The first-order chi connectivity index (χ1) is 20.3. The van der Waals surface area contributed by atoms with Crippen molar-refractivity contribution in [2.75, 3.05) is 43.6 Å². The third-order valence-electron chi connectivity index (χ3n) is 6.67. The molecule has 2 aromatic rings. The summed E-state index contributed by atoms with van der Waals surface area (Å²) in [4.78, 5) is 62.4. The zero-order valence-electron chi connectivity index (χ0n) is 23.8. The number of β-lactam (4-membered cyclic amide) rings is 1. The number of carboxylic acids is 2. The van der Waals surface area contributed by atoms with Crippen LogP contribution in [0, 0.1) is 0 Å². The first kappa shape index (κ1) is 31.6. The molecule has 0 bridgehead atoms. The molecule has 2 aromatic heterocycles. The standard InChI is InChI=1S/C25H31N9O7S2/c1-25(2,23(39)40)41-30-15(18-29-24(26)43-31-18)19(35)28-16-20(36)34-17(22(37)38)13(12-42-21(16)34)11-33-8-5-14(6-9-33)32(4)10-7-27-3/h5-6,8-9,16,21,27H,7,10-12H2,1-4H3,(H4-,26,28,29,31,35,37,38,39,40)/p+1. The molecule has 4 heterocycles. The number of oxime groups is 1. The van der Waals surface area contributed by atoms with E-state index in [1.165, 1.54) is 25.6 Å². The number of carbonyl (C=O) groups excluding carboxylic acids is 2. The van der Waals surface area contributed by atoms with Crippen molar-refractivity contribution in [3.63, 3.8) is 0 Å². The lowest BCUT2D eigenvalue weighted by molar-refractivity contribution is -0.689. The zero-order chi connectivity index (χ0) is 31.5. The van der Waals surface area contributed by atoms with Gasteiger partial charge in [0.1, 0.15) is 17.1 Å². The molecule has 0 aliphatic carbocycles. The van der Waals surface area contributed by atoms with Crippen molar-refractivity contribution in [2.24, 2.45) is 5.16 Å². The van der Waals surface area contributed by atoms with Crippen LogP contribution in [0.5, 0.6) is 0 Å². The number of anilines is 2. The van der Waals surface area contributed by atoms with E-state index in [2.05, 4.69) is 30.0 Å². The molecular weight excluding hydrogens is 602 g/mol. The highest BCUT2D eigenvalue weighted by Gasteiger charge is 2.55. The Morgan fingerprint density at radius 1 is 1.30 bits per heavy atom. The summed E-state index contributed by atoms with van der Waals surface area (Å²) in [6, 6.07) is 2.78. The van der Waals surface area contributed by atoms with Crippen molar-refractivity contribution in [3.8, 4) is 0 Å². The zero-order valence-corrected chi connectivity index (χ0v) is 25.4. The van der Waals surface area contributed by atoms with Gasteiger partial charge in [0.05, 0.1) is 0 Å². The number of nitrogens with one attached hydrogen (secondary N) is 2. The van der Waals surface area contributed by atoms with Gasteiger partial charge in [0.2, 0.25) is 17.1 Å². The quantitative estimate of drug-likeness (QED) is 0.0781. The maximum atomic E-state index is 13.2. The normalized spacial score (nSPS) is 18.6. The summed E-state index contributed by atoms with van der Waals surface area (Å²) >= 11 is 2.09. The van der Waals surface area contributed by atoms with Gasteiger partial charge in [0.25, 0.3) is 11.8 Å². The lowest BCUT2D eigenvalue weighted by atomic mass is 10.0. The second-order valence-electron chi connectivity index (χ2n) is 10.2. The van der Waals surface area contributed by atoms with Crippen LogP contribution >= 0.6 is 23.3 Å². The van der Waals surface area contributed by atoms with Gasteiger partial charge in [-0.25, -0.2) is 14.2 Å². The van der Waals surface area contributed by atoms with E-state index in [0.29, 0.717) is 11.3 Å². The first-order valence-electron chi connectivity index (χ1n) is 13.0. The lowest BCUT2D eigenvalue weighted by Gasteiger charge is -2.49. The molecule has 16 nitrogen and oxygen atoms in total. The van der Waals surface area contributed by atoms with E-state index in [1.807, 2.05) is 43.2 Å². The Hall–Kier alpha value is -4.29. The van der Waals surface area contributed by atoms with Gasteiger partial charge in [-0.3, -0.25) is 14.5 Å². The van der Waals surface area contributed by atoms with Crippen LogP contribution in [0.2, 0.25) is 0 Å². The Morgan fingerprint density at radius 2 is 2.00 bits per heavy atom. The van der Waals surface area contributed by atoms with Gasteiger partial charge in [0.15, 0.2) is 24.1 Å². The van der Waals surface area contributed by atoms with Crippen LogP contribution in [0.15, 0.2) is 41.0 Å². The van der Waals surface area contributed by atoms with Gasteiger partial charge in [0, 0.05) is 60.8 Å². The molecule has 0 radical (unpaired) electrons. The SMILES string of the molecule is CNCCN(C)c1cc[n+](CC2=C(C(=O)O)N3C(=O)C(NC(=O)C(=NOC(C)(C)C(=O)O)c4nsc(N)n4)C3SC2)cc1. The second kappa shape index (κ2) is 12.9. The summed E-state index contributed by atoms with van der Waals surface area (Å²) in [6.45, 7) is 4.36. The molecule has 2 amide bonds. The molecule has 2 aliphatic rings. The summed E-state index contributed by atoms with van der Waals surface area (Å²) in [5.41, 5.74) is 4.79. The number of rotatable bonds is 13. The molecule has 0 spiro atoms. The molecule has 2 atom stereocenters. The van der Waals surface area contributed by atoms with Gasteiger partial charge in [-0.15, -0.1) is 11.8 Å². The van der Waals surface area contributed by atoms with Crippen molar-refractivity contribution < 1.29 is 38.8 Å². The number of amides is 2. The third kappa shape index (κ3) is 6.86. The Labute approximate surface area is 254 Å². The number of nitrogen functional groups attached to an aromatic ring is 1. The number of aliphatic carboxylic acids is 2. The van der Waals surface area contributed by atoms with E-state index in [4.69, 9.17) is 10.6 Å². The summed E-state index contributed by atoms with van der Waals surface area (Å²) in [6.07, 6.45) is 3.70. The van der Waals surface area contributed by atoms with Crippen LogP contribution in [0.3, 0.4) is 0 Å². The van der Waals surface area contributed by atoms with Crippen molar-refractivity contribution in [3.05, 3.63) is 41.6 Å². The number of hydrogen-bond donors (Lipinski definition) is 5. The molecule has 2 aliphatic heterocycles. The van der Waals surface area contributed by atoms with Gasteiger partial charge >= 0.3 is 11.9 Å². The fraction of sp³-hybridized carbons (Fsp3) is 0.440. The third-order valence-corrected chi connectivity index (χ3v) is 8.55. The van der Waals surface area contributed by atoms with Crippen molar-refractivity contribution in [1.29, 1.82) is 0 Å². The summed E-state index contributed by atoms with van der Waals surface area (Å²) in [7, 11) is 3.86. The van der Waals surface area contributed by atoms with Gasteiger partial charge in [-0.2, -0.15) is 9.36 Å². The number of likely N-dealkylation sites (N-methyl/N-ethyl adjacent to an activating group) is 2. The van der Waals surface area contributed by atoms with E-state index >= 15 is 0 Å². The second-order valence-corrected chi connectivity index (χ2v) is 12.1. The van der Waals surface area contributed by atoms with Crippen LogP contribution in [-0.2, 0) is 30.6 Å². The fourth-order valence-electron chi connectivity index (χ4n) is 4.17. The molecule has 2 unspecified atom stereocenters. The number of aromatic nitrogens is 3. The van der Waals surface area contributed by atoms with Gasteiger partial charge in [-0.1, -0.05) is 5.16 Å².